The van der Waals surface area contributed by atoms with Gasteiger partial charge in [0, 0.05) is 5.56 Å². The Kier molecular flexibility index (Phi) is 9.03. The SMILES string of the molecule is CCCCCC1CCC(c2cc(F)c(C3CCc4cc(OCCCC)ccc4C3)c(F)c2)CC1. The summed E-state index contributed by atoms with van der Waals surface area (Å²) < 4.78 is 36.4. The van der Waals surface area contributed by atoms with Crippen molar-refractivity contribution >= 4 is 0 Å². The van der Waals surface area contributed by atoms with E-state index in [2.05, 4.69) is 26.0 Å². The number of rotatable bonds is 10. The van der Waals surface area contributed by atoms with Crippen LogP contribution in [-0.4, -0.2) is 6.61 Å². The Morgan fingerprint density at radius 2 is 1.53 bits per heavy atom. The fraction of sp³-hybridized carbons (Fsp3) is 0.613. The number of benzene rings is 2. The van der Waals surface area contributed by atoms with E-state index in [9.17, 15) is 0 Å². The number of hydrogen-bond donors (Lipinski definition) is 0. The monoisotopic (exact) mass is 468 g/mol. The first-order valence-electron chi connectivity index (χ1n) is 13.8. The summed E-state index contributed by atoms with van der Waals surface area (Å²) in [5.74, 6) is 1.24. The molecule has 3 heteroatoms. The summed E-state index contributed by atoms with van der Waals surface area (Å²) >= 11 is 0. The van der Waals surface area contributed by atoms with Crippen LogP contribution in [0.25, 0.3) is 0 Å². The van der Waals surface area contributed by atoms with Crippen molar-refractivity contribution in [3.8, 4) is 5.75 Å². The summed E-state index contributed by atoms with van der Waals surface area (Å²) in [7, 11) is 0. The van der Waals surface area contributed by atoms with Crippen molar-refractivity contribution in [3.05, 3.63) is 64.2 Å². The number of ether oxygens (including phenoxy) is 1. The molecule has 2 aromatic carbocycles. The average molecular weight is 469 g/mol. The van der Waals surface area contributed by atoms with Crippen LogP contribution in [0, 0.1) is 17.6 Å². The third kappa shape index (κ3) is 6.20. The fourth-order valence-electron chi connectivity index (χ4n) is 6.10. The summed E-state index contributed by atoms with van der Waals surface area (Å²) in [6, 6.07) is 9.52. The van der Waals surface area contributed by atoms with Crippen LogP contribution >= 0.6 is 0 Å². The molecule has 0 bridgehead atoms. The molecule has 4 rings (SSSR count). The number of unbranched alkanes of at least 4 members (excludes halogenated alkanes) is 3. The van der Waals surface area contributed by atoms with Crippen LogP contribution < -0.4 is 4.74 Å². The summed E-state index contributed by atoms with van der Waals surface area (Å²) in [6.45, 7) is 5.14. The van der Waals surface area contributed by atoms with Crippen LogP contribution in [0.1, 0.15) is 119 Å². The van der Waals surface area contributed by atoms with E-state index < -0.39 is 0 Å². The Morgan fingerprint density at radius 3 is 2.24 bits per heavy atom. The van der Waals surface area contributed by atoms with Gasteiger partial charge in [-0.15, -0.1) is 0 Å². The first kappa shape index (κ1) is 25.2. The van der Waals surface area contributed by atoms with Crippen molar-refractivity contribution in [2.75, 3.05) is 6.61 Å². The van der Waals surface area contributed by atoms with Gasteiger partial charge in [-0.25, -0.2) is 8.78 Å². The van der Waals surface area contributed by atoms with Crippen LogP contribution in [0.3, 0.4) is 0 Å². The largest absolute Gasteiger partial charge is 0.494 e. The van der Waals surface area contributed by atoms with Gasteiger partial charge < -0.3 is 4.74 Å². The molecule has 0 heterocycles. The molecule has 1 nitrogen and oxygen atoms in total. The Labute approximate surface area is 205 Å². The van der Waals surface area contributed by atoms with Crippen LogP contribution in [0.5, 0.6) is 5.75 Å². The lowest BCUT2D eigenvalue weighted by Gasteiger charge is -2.30. The van der Waals surface area contributed by atoms with Gasteiger partial charge in [0.25, 0.3) is 0 Å². The highest BCUT2D eigenvalue weighted by Crippen LogP contribution is 2.41. The molecule has 186 valence electrons. The van der Waals surface area contributed by atoms with Crippen molar-refractivity contribution in [3.63, 3.8) is 0 Å². The molecule has 0 amide bonds. The first-order chi connectivity index (χ1) is 16.6. The quantitative estimate of drug-likeness (QED) is 0.316. The lowest BCUT2D eigenvalue weighted by atomic mass is 9.75. The zero-order chi connectivity index (χ0) is 23.9. The highest BCUT2D eigenvalue weighted by atomic mass is 19.1. The third-order valence-electron chi connectivity index (χ3n) is 8.22. The molecule has 0 aliphatic heterocycles. The van der Waals surface area contributed by atoms with Gasteiger partial charge in [-0.1, -0.05) is 52.0 Å². The minimum absolute atomic E-state index is 0.0947. The smallest absolute Gasteiger partial charge is 0.129 e. The molecular formula is C31H42F2O. The predicted molar refractivity (Wildman–Crippen MR) is 137 cm³/mol. The Morgan fingerprint density at radius 1 is 0.794 bits per heavy atom. The fourth-order valence-corrected chi connectivity index (χ4v) is 6.10. The van der Waals surface area contributed by atoms with Crippen molar-refractivity contribution in [2.24, 2.45) is 5.92 Å². The summed E-state index contributed by atoms with van der Waals surface area (Å²) in [6.07, 6.45) is 14.2. The Balaban J connectivity index is 1.39. The molecule has 0 saturated heterocycles. The molecule has 1 unspecified atom stereocenters. The Bertz CT molecular complexity index is 906. The van der Waals surface area contributed by atoms with Gasteiger partial charge in [-0.3, -0.25) is 0 Å². The van der Waals surface area contributed by atoms with Crippen molar-refractivity contribution in [1.29, 1.82) is 0 Å². The van der Waals surface area contributed by atoms with Crippen LogP contribution in [-0.2, 0) is 12.8 Å². The zero-order valence-corrected chi connectivity index (χ0v) is 21.2. The van der Waals surface area contributed by atoms with E-state index in [-0.39, 0.29) is 17.6 Å². The average Bonchev–Trinajstić information content (AvgIpc) is 2.84. The molecule has 0 radical (unpaired) electrons. The molecule has 34 heavy (non-hydrogen) atoms. The number of hydrogen-bond acceptors (Lipinski definition) is 1. The standard InChI is InChI=1S/C31H42F2O/c1-3-5-7-8-22-9-11-23(12-10-22)27-20-29(32)31(30(33)21-27)26-14-13-25-19-28(34-17-6-4-2)16-15-24(25)18-26/h15-16,19-23,26H,3-14,17-18H2,1-2H3. The van der Waals surface area contributed by atoms with Gasteiger partial charge in [0.2, 0.25) is 0 Å². The van der Waals surface area contributed by atoms with Gasteiger partial charge in [-0.2, -0.15) is 0 Å². The highest BCUT2D eigenvalue weighted by Gasteiger charge is 2.28. The van der Waals surface area contributed by atoms with E-state index in [0.717, 1.165) is 62.4 Å². The molecule has 2 aliphatic carbocycles. The van der Waals surface area contributed by atoms with Gasteiger partial charge in [0.05, 0.1) is 6.61 Å². The van der Waals surface area contributed by atoms with Gasteiger partial charge in [0.1, 0.15) is 17.4 Å². The summed E-state index contributed by atoms with van der Waals surface area (Å²) in [5, 5.41) is 0. The normalized spacial score (nSPS) is 22.4. The summed E-state index contributed by atoms with van der Waals surface area (Å²) in [4.78, 5) is 0. The molecule has 0 spiro atoms. The molecule has 2 aromatic rings. The number of halogens is 2. The maximum absolute atomic E-state index is 15.3. The lowest BCUT2D eigenvalue weighted by Crippen LogP contribution is -2.17. The van der Waals surface area contributed by atoms with E-state index in [0.29, 0.717) is 17.9 Å². The van der Waals surface area contributed by atoms with Gasteiger partial charge in [-0.05, 0) is 110 Å². The number of aryl methyl sites for hydroxylation is 1. The predicted octanol–water partition coefficient (Wildman–Crippen LogP) is 9.27. The number of fused-ring (bicyclic) bond motifs is 1. The Hall–Kier alpha value is -1.90. The summed E-state index contributed by atoms with van der Waals surface area (Å²) in [5.41, 5.74) is 3.63. The van der Waals surface area contributed by atoms with E-state index in [4.69, 9.17) is 4.74 Å². The van der Waals surface area contributed by atoms with Crippen LogP contribution in [0.15, 0.2) is 30.3 Å². The van der Waals surface area contributed by atoms with E-state index in [1.165, 1.54) is 49.7 Å². The molecule has 1 atom stereocenters. The molecule has 2 aliphatic rings. The third-order valence-corrected chi connectivity index (χ3v) is 8.22. The van der Waals surface area contributed by atoms with Crippen LogP contribution in [0.4, 0.5) is 8.78 Å². The maximum atomic E-state index is 15.3. The van der Waals surface area contributed by atoms with E-state index in [1.807, 2.05) is 6.07 Å². The second kappa shape index (κ2) is 12.2. The zero-order valence-electron chi connectivity index (χ0n) is 21.2. The van der Waals surface area contributed by atoms with Crippen molar-refractivity contribution < 1.29 is 13.5 Å². The molecule has 0 N–H and O–H groups in total. The minimum atomic E-state index is -0.340. The molecule has 1 fully saturated rings. The first-order valence-corrected chi connectivity index (χ1v) is 13.8. The molecule has 1 saturated carbocycles. The maximum Gasteiger partial charge on any atom is 0.129 e. The van der Waals surface area contributed by atoms with Gasteiger partial charge >= 0.3 is 0 Å². The minimum Gasteiger partial charge on any atom is -0.494 e. The topological polar surface area (TPSA) is 9.23 Å². The van der Waals surface area contributed by atoms with E-state index >= 15 is 8.78 Å². The van der Waals surface area contributed by atoms with E-state index in [1.54, 1.807) is 12.1 Å². The van der Waals surface area contributed by atoms with Crippen molar-refractivity contribution in [1.82, 2.24) is 0 Å². The van der Waals surface area contributed by atoms with Crippen LogP contribution in [0.2, 0.25) is 0 Å². The highest BCUT2D eigenvalue weighted by molar-refractivity contribution is 5.41. The molecule has 0 aromatic heterocycles. The second-order valence-corrected chi connectivity index (χ2v) is 10.7. The second-order valence-electron chi connectivity index (χ2n) is 10.7. The lowest BCUT2D eigenvalue weighted by molar-refractivity contribution is 0.302. The van der Waals surface area contributed by atoms with Gasteiger partial charge in [0.15, 0.2) is 0 Å². The molecular weight excluding hydrogens is 426 g/mol. The van der Waals surface area contributed by atoms with Crippen molar-refractivity contribution in [2.45, 2.75) is 109 Å².